The highest BCUT2D eigenvalue weighted by molar-refractivity contribution is 6.02. The van der Waals surface area contributed by atoms with Crippen LogP contribution in [0.25, 0.3) is 10.9 Å². The van der Waals surface area contributed by atoms with Gasteiger partial charge in [0.25, 0.3) is 11.8 Å². The minimum atomic E-state index is -2.92. The van der Waals surface area contributed by atoms with Crippen LogP contribution in [-0.2, 0) is 4.79 Å². The van der Waals surface area contributed by atoms with E-state index < -0.39 is 12.3 Å². The number of benzene rings is 1. The molecular formula is C22H27F2N3O2. The van der Waals surface area contributed by atoms with E-state index in [0.29, 0.717) is 43.7 Å². The Morgan fingerprint density at radius 3 is 2.31 bits per heavy atom. The fourth-order valence-electron chi connectivity index (χ4n) is 5.00. The molecule has 0 saturated carbocycles. The number of H-pyrrole nitrogens is 1. The fraction of sp³-hybridized carbons (Fsp3) is 0.545. The number of carbonyl (C=O) groups is 2. The van der Waals surface area contributed by atoms with E-state index in [4.69, 9.17) is 0 Å². The molecule has 5 nitrogen and oxygen atoms in total. The molecular weight excluding hydrogens is 376 g/mol. The summed E-state index contributed by atoms with van der Waals surface area (Å²) in [6.07, 6.45) is -1.46. The lowest BCUT2D eigenvalue weighted by Crippen LogP contribution is -2.55. The molecule has 2 aliphatic heterocycles. The number of amides is 2. The van der Waals surface area contributed by atoms with Crippen LogP contribution >= 0.6 is 0 Å². The molecule has 0 atom stereocenters. The van der Waals surface area contributed by atoms with Crippen LogP contribution in [0.4, 0.5) is 8.78 Å². The first-order chi connectivity index (χ1) is 13.8. The normalized spacial score (nSPS) is 18.6. The van der Waals surface area contributed by atoms with E-state index in [1.807, 2.05) is 18.7 Å². The van der Waals surface area contributed by atoms with Crippen molar-refractivity contribution in [3.63, 3.8) is 0 Å². The first kappa shape index (κ1) is 19.9. The number of halogens is 2. The molecule has 2 aromatic rings. The summed E-state index contributed by atoms with van der Waals surface area (Å²) in [6, 6.07) is 4.20. The van der Waals surface area contributed by atoms with Gasteiger partial charge >= 0.3 is 6.43 Å². The highest BCUT2D eigenvalue weighted by Gasteiger charge is 2.39. The van der Waals surface area contributed by atoms with Gasteiger partial charge in [-0.25, -0.2) is 0 Å². The number of nitrogens with zero attached hydrogens (tertiary/aromatic N) is 2. The van der Waals surface area contributed by atoms with Crippen molar-refractivity contribution in [3.8, 4) is 0 Å². The summed E-state index contributed by atoms with van der Waals surface area (Å²) in [5.41, 5.74) is 4.97. The highest BCUT2D eigenvalue weighted by atomic mass is 19.3. The average molecular weight is 403 g/mol. The molecule has 2 aliphatic rings. The van der Waals surface area contributed by atoms with Gasteiger partial charge in [-0.15, -0.1) is 0 Å². The number of aromatic amines is 1. The van der Waals surface area contributed by atoms with Crippen molar-refractivity contribution in [3.05, 3.63) is 34.5 Å². The quantitative estimate of drug-likeness (QED) is 0.850. The number of alkyl halides is 2. The summed E-state index contributed by atoms with van der Waals surface area (Å²) in [4.78, 5) is 30.9. The first-order valence-corrected chi connectivity index (χ1v) is 10.2. The predicted octanol–water partition coefficient (Wildman–Crippen LogP) is 3.67. The maximum atomic E-state index is 13.0. The zero-order valence-corrected chi connectivity index (χ0v) is 17.1. The topological polar surface area (TPSA) is 56.4 Å². The Kier molecular flexibility index (Phi) is 5.09. The number of carbonyl (C=O) groups excluding carboxylic acids is 2. The number of hydrogen-bond donors (Lipinski definition) is 1. The van der Waals surface area contributed by atoms with Crippen molar-refractivity contribution in [1.82, 2.24) is 14.8 Å². The van der Waals surface area contributed by atoms with Gasteiger partial charge in [0.05, 0.1) is 0 Å². The van der Waals surface area contributed by atoms with Gasteiger partial charge in [0, 0.05) is 37.1 Å². The second-order valence-corrected chi connectivity index (χ2v) is 8.56. The summed E-state index contributed by atoms with van der Waals surface area (Å²) in [6.45, 7) is 8.26. The van der Waals surface area contributed by atoms with Crippen LogP contribution in [0, 0.1) is 32.6 Å². The summed E-state index contributed by atoms with van der Waals surface area (Å²) < 4.78 is 25.1. The van der Waals surface area contributed by atoms with Gasteiger partial charge in [-0.05, 0) is 68.2 Å². The lowest BCUT2D eigenvalue weighted by molar-refractivity contribution is -0.144. The van der Waals surface area contributed by atoms with E-state index in [-0.39, 0.29) is 5.91 Å². The molecule has 0 aliphatic carbocycles. The standard InChI is InChI=1S/C22H27F2N3O2/c1-12-8-13(2)18-14(3)19(25-17(18)9-12)21(28)27-10-16(11-27)15-4-6-26(7-5-15)22(29)20(23)24/h8-9,15-16,20,25H,4-7,10-11H2,1-3H3. The predicted molar refractivity (Wildman–Crippen MR) is 107 cm³/mol. The molecule has 2 fully saturated rings. The van der Waals surface area contributed by atoms with Crippen molar-refractivity contribution in [2.24, 2.45) is 11.8 Å². The molecule has 156 valence electrons. The molecule has 7 heteroatoms. The van der Waals surface area contributed by atoms with E-state index >= 15 is 0 Å². The monoisotopic (exact) mass is 403 g/mol. The number of rotatable bonds is 3. The Morgan fingerprint density at radius 2 is 1.69 bits per heavy atom. The molecule has 4 rings (SSSR count). The molecule has 0 bridgehead atoms. The number of fused-ring (bicyclic) bond motifs is 1. The van der Waals surface area contributed by atoms with Crippen LogP contribution in [0.5, 0.6) is 0 Å². The maximum absolute atomic E-state index is 13.0. The van der Waals surface area contributed by atoms with Crippen LogP contribution in [0.3, 0.4) is 0 Å². The Balaban J connectivity index is 1.38. The Hall–Kier alpha value is -2.44. The number of nitrogens with one attached hydrogen (secondary N) is 1. The van der Waals surface area contributed by atoms with E-state index in [9.17, 15) is 18.4 Å². The second-order valence-electron chi connectivity index (χ2n) is 8.56. The van der Waals surface area contributed by atoms with E-state index in [2.05, 4.69) is 24.0 Å². The van der Waals surface area contributed by atoms with Gasteiger partial charge in [0.1, 0.15) is 5.69 Å². The molecule has 0 spiro atoms. The van der Waals surface area contributed by atoms with Crippen LogP contribution in [0.2, 0.25) is 0 Å². The zero-order chi connectivity index (χ0) is 20.9. The molecule has 1 N–H and O–H groups in total. The summed E-state index contributed by atoms with van der Waals surface area (Å²) in [7, 11) is 0. The Labute approximate surface area is 169 Å². The highest BCUT2D eigenvalue weighted by Crippen LogP contribution is 2.34. The molecule has 0 radical (unpaired) electrons. The number of aromatic nitrogens is 1. The largest absolute Gasteiger partial charge is 0.350 e. The number of likely N-dealkylation sites (tertiary alicyclic amines) is 2. The van der Waals surface area contributed by atoms with Crippen LogP contribution in [0.15, 0.2) is 12.1 Å². The maximum Gasteiger partial charge on any atom is 0.315 e. The van der Waals surface area contributed by atoms with Crippen LogP contribution < -0.4 is 0 Å². The van der Waals surface area contributed by atoms with Crippen LogP contribution in [0.1, 0.15) is 40.0 Å². The Morgan fingerprint density at radius 1 is 1.03 bits per heavy atom. The average Bonchev–Trinajstić information content (AvgIpc) is 2.96. The van der Waals surface area contributed by atoms with Gasteiger partial charge in [-0.1, -0.05) is 6.07 Å². The molecule has 3 heterocycles. The van der Waals surface area contributed by atoms with E-state index in [0.717, 1.165) is 34.9 Å². The second kappa shape index (κ2) is 7.43. The SMILES string of the molecule is Cc1cc(C)c2c(C)c(C(=O)N3CC(C4CCN(C(=O)C(F)F)CC4)C3)[nH]c2c1. The molecule has 2 amide bonds. The minimum Gasteiger partial charge on any atom is -0.350 e. The zero-order valence-electron chi connectivity index (χ0n) is 17.1. The molecule has 1 aromatic heterocycles. The van der Waals surface area contributed by atoms with Gasteiger partial charge in [-0.3, -0.25) is 9.59 Å². The summed E-state index contributed by atoms with van der Waals surface area (Å²) in [5, 5.41) is 1.12. The summed E-state index contributed by atoms with van der Waals surface area (Å²) in [5.74, 6) is -0.267. The number of piperidine rings is 1. The van der Waals surface area contributed by atoms with Crippen LogP contribution in [-0.4, -0.2) is 59.2 Å². The fourth-order valence-corrected chi connectivity index (χ4v) is 5.00. The molecule has 29 heavy (non-hydrogen) atoms. The van der Waals surface area contributed by atoms with Crippen molar-refractivity contribution in [2.75, 3.05) is 26.2 Å². The third-order valence-corrected chi connectivity index (χ3v) is 6.61. The Bertz CT molecular complexity index is 955. The smallest absolute Gasteiger partial charge is 0.315 e. The number of aryl methyl sites for hydroxylation is 3. The third kappa shape index (κ3) is 3.51. The van der Waals surface area contributed by atoms with Gasteiger partial charge in [0.15, 0.2) is 0 Å². The van der Waals surface area contributed by atoms with Crippen molar-refractivity contribution in [1.29, 1.82) is 0 Å². The lowest BCUT2D eigenvalue weighted by atomic mass is 9.79. The number of hydrogen-bond acceptors (Lipinski definition) is 2. The van der Waals surface area contributed by atoms with Crippen molar-refractivity contribution in [2.45, 2.75) is 40.0 Å². The van der Waals surface area contributed by atoms with Gasteiger partial charge in [-0.2, -0.15) is 8.78 Å². The minimum absolute atomic E-state index is 0.0253. The van der Waals surface area contributed by atoms with Gasteiger partial charge in [0.2, 0.25) is 0 Å². The summed E-state index contributed by atoms with van der Waals surface area (Å²) >= 11 is 0. The van der Waals surface area contributed by atoms with Crippen molar-refractivity contribution >= 4 is 22.7 Å². The third-order valence-electron chi connectivity index (χ3n) is 6.61. The molecule has 2 saturated heterocycles. The van der Waals surface area contributed by atoms with E-state index in [1.54, 1.807) is 0 Å². The molecule has 1 aromatic carbocycles. The van der Waals surface area contributed by atoms with Crippen molar-refractivity contribution < 1.29 is 18.4 Å². The van der Waals surface area contributed by atoms with E-state index in [1.165, 1.54) is 10.5 Å². The first-order valence-electron chi connectivity index (χ1n) is 10.2. The lowest BCUT2D eigenvalue weighted by Gasteiger charge is -2.46. The van der Waals surface area contributed by atoms with Gasteiger partial charge < -0.3 is 14.8 Å². The molecule has 0 unspecified atom stereocenters.